The van der Waals surface area contributed by atoms with Gasteiger partial charge in [0.15, 0.2) is 6.23 Å². The number of allylic oxidation sites excluding steroid dienone is 2. The van der Waals surface area contributed by atoms with Crippen LogP contribution in [0, 0.1) is 0 Å². The Balaban J connectivity index is 2.32. The molecular formula is C15H21N3O3. The van der Waals surface area contributed by atoms with Gasteiger partial charge >= 0.3 is 6.03 Å². The molecular weight excluding hydrogens is 270 g/mol. The van der Waals surface area contributed by atoms with Gasteiger partial charge in [-0.3, -0.25) is 0 Å². The van der Waals surface area contributed by atoms with Gasteiger partial charge in [0, 0.05) is 13.1 Å². The highest BCUT2D eigenvalue weighted by atomic mass is 16.5. The number of aliphatic hydroxyl groups is 1. The van der Waals surface area contributed by atoms with E-state index in [9.17, 15) is 9.90 Å². The second-order valence-electron chi connectivity index (χ2n) is 5.44. The zero-order chi connectivity index (χ0) is 15.7. The molecule has 0 bridgehead atoms. The minimum absolute atomic E-state index is 0.251. The molecule has 1 aliphatic heterocycles. The molecule has 0 aliphatic carbocycles. The summed E-state index contributed by atoms with van der Waals surface area (Å²) in [5.41, 5.74) is 2.77. The number of hydrogen-bond donors (Lipinski definition) is 1. The number of urea groups is 1. The van der Waals surface area contributed by atoms with Crippen LogP contribution in [0.15, 0.2) is 28.8 Å². The van der Waals surface area contributed by atoms with E-state index in [1.54, 1.807) is 19.2 Å². The molecule has 2 atom stereocenters. The second kappa shape index (κ2) is 5.73. The lowest BCUT2D eigenvalue weighted by atomic mass is 10.1. The Labute approximate surface area is 124 Å². The highest BCUT2D eigenvalue weighted by Crippen LogP contribution is 2.31. The summed E-state index contributed by atoms with van der Waals surface area (Å²) < 4.78 is 5.24. The van der Waals surface area contributed by atoms with Gasteiger partial charge in [-0.15, -0.1) is 6.58 Å². The van der Waals surface area contributed by atoms with Gasteiger partial charge in [0.25, 0.3) is 0 Å². The van der Waals surface area contributed by atoms with Gasteiger partial charge in [0.1, 0.15) is 5.69 Å². The third kappa shape index (κ3) is 2.58. The van der Waals surface area contributed by atoms with E-state index in [1.165, 1.54) is 9.80 Å². The van der Waals surface area contributed by atoms with Crippen LogP contribution in [-0.4, -0.2) is 40.5 Å². The number of aliphatic hydroxyl groups excluding tert-OH is 1. The smallest absolute Gasteiger partial charge is 0.329 e. The summed E-state index contributed by atoms with van der Waals surface area (Å²) in [5, 5.41) is 14.3. The van der Waals surface area contributed by atoms with Gasteiger partial charge < -0.3 is 14.5 Å². The zero-order valence-electron chi connectivity index (χ0n) is 12.8. The van der Waals surface area contributed by atoms with Gasteiger partial charge in [-0.2, -0.15) is 0 Å². The van der Waals surface area contributed by atoms with Crippen LogP contribution in [0.3, 0.4) is 0 Å². The van der Waals surface area contributed by atoms with Crippen molar-refractivity contribution in [3.63, 3.8) is 0 Å². The molecule has 2 heterocycles. The van der Waals surface area contributed by atoms with E-state index in [2.05, 4.69) is 11.7 Å². The minimum atomic E-state index is -0.978. The predicted molar refractivity (Wildman–Crippen MR) is 80.7 cm³/mol. The molecule has 0 spiro atoms. The Hall–Kier alpha value is -2.08. The summed E-state index contributed by atoms with van der Waals surface area (Å²) in [6.07, 6.45) is 1.21. The molecule has 2 unspecified atom stereocenters. The summed E-state index contributed by atoms with van der Waals surface area (Å²) in [6, 6.07) is 1.02. The van der Waals surface area contributed by atoms with Crippen molar-refractivity contribution < 1.29 is 14.4 Å². The third-order valence-electron chi connectivity index (χ3n) is 3.89. The maximum Gasteiger partial charge on any atom is 0.329 e. The molecule has 21 heavy (non-hydrogen) atoms. The Morgan fingerprint density at radius 3 is 2.76 bits per heavy atom. The second-order valence-corrected chi connectivity index (χ2v) is 5.44. The molecule has 1 fully saturated rings. The number of amides is 2. The highest BCUT2D eigenvalue weighted by molar-refractivity contribution is 5.94. The van der Waals surface area contributed by atoms with Crippen LogP contribution < -0.4 is 4.90 Å². The van der Waals surface area contributed by atoms with E-state index in [4.69, 9.17) is 4.52 Å². The van der Waals surface area contributed by atoms with Crippen molar-refractivity contribution in [1.29, 1.82) is 0 Å². The van der Waals surface area contributed by atoms with E-state index in [0.29, 0.717) is 12.1 Å². The van der Waals surface area contributed by atoms with Crippen LogP contribution in [0.25, 0.3) is 5.57 Å². The van der Waals surface area contributed by atoms with E-state index < -0.39 is 6.23 Å². The number of anilines is 1. The number of aromatic nitrogens is 1. The Morgan fingerprint density at radius 1 is 1.52 bits per heavy atom. The van der Waals surface area contributed by atoms with Gasteiger partial charge in [-0.25, -0.2) is 9.69 Å². The molecule has 1 N–H and O–H groups in total. The molecule has 1 aliphatic rings. The lowest BCUT2D eigenvalue weighted by Gasteiger charge is -2.18. The number of likely N-dealkylation sites (N-methyl/N-ethyl adjacent to an activating group) is 1. The number of nitrogens with zero attached hydrogens (tertiary/aromatic N) is 3. The Morgan fingerprint density at radius 2 is 2.19 bits per heavy atom. The molecule has 1 saturated heterocycles. The average Bonchev–Trinajstić information content (AvgIpc) is 2.98. The molecule has 0 aromatic carbocycles. The fourth-order valence-electron chi connectivity index (χ4n) is 2.28. The number of carbonyl (C=O) groups excluding carboxylic acids is 1. The Kier molecular flexibility index (Phi) is 4.18. The van der Waals surface area contributed by atoms with Crippen molar-refractivity contribution in [3.8, 4) is 0 Å². The zero-order valence-corrected chi connectivity index (χ0v) is 12.8. The van der Waals surface area contributed by atoms with Crippen LogP contribution in [0.1, 0.15) is 32.9 Å². The summed E-state index contributed by atoms with van der Waals surface area (Å²) in [4.78, 5) is 15.0. The summed E-state index contributed by atoms with van der Waals surface area (Å²) in [7, 11) is 1.65. The normalized spacial score (nSPS) is 21.9. The summed E-state index contributed by atoms with van der Waals surface area (Å²) >= 11 is 0. The molecule has 0 radical (unpaired) electrons. The van der Waals surface area contributed by atoms with E-state index in [0.717, 1.165) is 11.1 Å². The van der Waals surface area contributed by atoms with Gasteiger partial charge in [-0.05, 0) is 32.8 Å². The molecule has 6 heteroatoms. The molecule has 0 saturated carbocycles. The largest absolute Gasteiger partial charge is 0.371 e. The number of carbonyl (C=O) groups is 1. The van der Waals surface area contributed by atoms with Crippen molar-refractivity contribution in [2.24, 2.45) is 0 Å². The molecule has 2 amide bonds. The van der Waals surface area contributed by atoms with Crippen molar-refractivity contribution in [2.45, 2.75) is 39.5 Å². The molecule has 6 nitrogen and oxygen atoms in total. The SMILES string of the molecule is C=CCC1C(O)N(c2cc(C(C)=C(C)C)no2)C(=O)N1C. The van der Waals surface area contributed by atoms with E-state index in [1.807, 2.05) is 20.8 Å². The molecule has 1 aromatic rings. The van der Waals surface area contributed by atoms with Crippen LogP contribution in [0.4, 0.5) is 10.7 Å². The average molecular weight is 291 g/mol. The molecule has 1 aromatic heterocycles. The highest BCUT2D eigenvalue weighted by Gasteiger charge is 2.44. The topological polar surface area (TPSA) is 69.8 Å². The van der Waals surface area contributed by atoms with Gasteiger partial charge in [-0.1, -0.05) is 16.8 Å². The molecule has 114 valence electrons. The monoisotopic (exact) mass is 291 g/mol. The lowest BCUT2D eigenvalue weighted by Crippen LogP contribution is -2.36. The lowest BCUT2D eigenvalue weighted by molar-refractivity contribution is 0.127. The quantitative estimate of drug-likeness (QED) is 0.866. The number of rotatable bonds is 4. The standard InChI is InChI=1S/C15H21N3O3/c1-6-7-12-14(19)18(15(20)17(12)5)13-8-11(16-21-13)10(4)9(2)3/h6,8,12,14,19H,1,7H2,2-5H3. The first-order chi connectivity index (χ1) is 9.88. The van der Waals surface area contributed by atoms with E-state index in [-0.39, 0.29) is 18.0 Å². The van der Waals surface area contributed by atoms with E-state index >= 15 is 0 Å². The van der Waals surface area contributed by atoms with Crippen molar-refractivity contribution in [1.82, 2.24) is 10.1 Å². The van der Waals surface area contributed by atoms with Crippen LogP contribution in [0.5, 0.6) is 0 Å². The third-order valence-corrected chi connectivity index (χ3v) is 3.89. The fraction of sp³-hybridized carbons (Fsp3) is 0.467. The first kappa shape index (κ1) is 15.3. The minimum Gasteiger partial charge on any atom is -0.371 e. The summed E-state index contributed by atoms with van der Waals surface area (Å²) in [5.74, 6) is 0.251. The summed E-state index contributed by atoms with van der Waals surface area (Å²) in [6.45, 7) is 9.55. The van der Waals surface area contributed by atoms with Crippen LogP contribution >= 0.6 is 0 Å². The van der Waals surface area contributed by atoms with Gasteiger partial charge in [0.2, 0.25) is 5.88 Å². The van der Waals surface area contributed by atoms with Crippen molar-refractivity contribution in [3.05, 3.63) is 30.0 Å². The predicted octanol–water partition coefficient (Wildman–Crippen LogP) is 2.62. The first-order valence-corrected chi connectivity index (χ1v) is 6.84. The van der Waals surface area contributed by atoms with Gasteiger partial charge in [0.05, 0.1) is 6.04 Å². The fourth-order valence-corrected chi connectivity index (χ4v) is 2.28. The maximum atomic E-state index is 12.3. The van der Waals surface area contributed by atoms with Crippen LogP contribution in [-0.2, 0) is 0 Å². The Bertz CT molecular complexity index is 587. The molecule has 2 rings (SSSR count). The van der Waals surface area contributed by atoms with Crippen molar-refractivity contribution >= 4 is 17.5 Å². The van der Waals surface area contributed by atoms with Crippen LogP contribution in [0.2, 0.25) is 0 Å². The first-order valence-electron chi connectivity index (χ1n) is 6.84. The van der Waals surface area contributed by atoms with Crippen molar-refractivity contribution in [2.75, 3.05) is 11.9 Å². The number of hydrogen-bond acceptors (Lipinski definition) is 4. The maximum absolute atomic E-state index is 12.3.